The lowest BCUT2D eigenvalue weighted by Gasteiger charge is -2.33. The summed E-state index contributed by atoms with van der Waals surface area (Å²) in [6, 6.07) is 4.48. The van der Waals surface area contributed by atoms with Crippen molar-refractivity contribution in [3.8, 4) is 0 Å². The van der Waals surface area contributed by atoms with Crippen molar-refractivity contribution < 1.29 is 19.6 Å². The molecule has 0 radical (unpaired) electrons. The number of aliphatic hydroxyl groups is 1. The smallest absolute Gasteiger partial charge is 0.344 e. The van der Waals surface area contributed by atoms with E-state index in [-0.39, 0.29) is 17.9 Å². The molecule has 1 aliphatic rings. The number of nitro groups is 1. The standard InChI is InChI=1S/C14H18N2O5/c1-21-14(18)12-8-11(2-3-13(12)16(19)20)15-6-4-10(9-17)5-7-15/h2-3,8,10,17H,4-7,9H2,1H3. The van der Waals surface area contributed by atoms with Crippen LogP contribution in [0, 0.1) is 16.0 Å². The van der Waals surface area contributed by atoms with Gasteiger partial charge in [0.2, 0.25) is 0 Å². The molecule has 0 aromatic heterocycles. The summed E-state index contributed by atoms with van der Waals surface area (Å²) in [5.74, 6) is -0.409. The second kappa shape index (κ2) is 6.53. The van der Waals surface area contributed by atoms with Crippen molar-refractivity contribution in [1.29, 1.82) is 0 Å². The lowest BCUT2D eigenvalue weighted by atomic mass is 9.97. The first-order chi connectivity index (χ1) is 10.1. The van der Waals surface area contributed by atoms with Crippen molar-refractivity contribution >= 4 is 17.3 Å². The Balaban J connectivity index is 2.26. The molecule has 0 saturated carbocycles. The first-order valence-electron chi connectivity index (χ1n) is 6.79. The van der Waals surface area contributed by atoms with Gasteiger partial charge in [-0.1, -0.05) is 0 Å². The van der Waals surface area contributed by atoms with Crippen LogP contribution in [0.5, 0.6) is 0 Å². The maximum absolute atomic E-state index is 11.7. The minimum absolute atomic E-state index is 0.0377. The number of ether oxygens (including phenoxy) is 1. The number of esters is 1. The molecule has 1 N–H and O–H groups in total. The maximum Gasteiger partial charge on any atom is 0.344 e. The highest BCUT2D eigenvalue weighted by molar-refractivity contribution is 5.95. The van der Waals surface area contributed by atoms with Crippen LogP contribution in [0.4, 0.5) is 11.4 Å². The van der Waals surface area contributed by atoms with Crippen LogP contribution >= 0.6 is 0 Å². The largest absolute Gasteiger partial charge is 0.465 e. The zero-order valence-corrected chi connectivity index (χ0v) is 11.8. The van der Waals surface area contributed by atoms with Crippen LogP contribution in [0.25, 0.3) is 0 Å². The topological polar surface area (TPSA) is 92.9 Å². The number of hydrogen-bond donors (Lipinski definition) is 1. The molecule has 2 rings (SSSR count). The number of nitro benzene ring substituents is 1. The van der Waals surface area contributed by atoms with E-state index in [1.807, 2.05) is 0 Å². The average molecular weight is 294 g/mol. The van der Waals surface area contributed by atoms with Crippen LogP contribution < -0.4 is 4.90 Å². The number of nitrogens with zero attached hydrogens (tertiary/aromatic N) is 2. The van der Waals surface area contributed by atoms with Crippen LogP contribution in [0.1, 0.15) is 23.2 Å². The molecular weight excluding hydrogens is 276 g/mol. The summed E-state index contributed by atoms with van der Waals surface area (Å²) >= 11 is 0. The van der Waals surface area contributed by atoms with E-state index in [4.69, 9.17) is 5.11 Å². The number of hydrogen-bond acceptors (Lipinski definition) is 6. The Hall–Kier alpha value is -2.15. The lowest BCUT2D eigenvalue weighted by Crippen LogP contribution is -2.34. The Morgan fingerprint density at radius 2 is 2.14 bits per heavy atom. The summed E-state index contributed by atoms with van der Waals surface area (Å²) < 4.78 is 4.61. The summed E-state index contributed by atoms with van der Waals surface area (Å²) in [4.78, 5) is 24.1. The molecule has 0 amide bonds. The zero-order valence-electron chi connectivity index (χ0n) is 11.8. The normalized spacial score (nSPS) is 15.8. The quantitative estimate of drug-likeness (QED) is 0.515. The highest BCUT2D eigenvalue weighted by atomic mass is 16.6. The van der Waals surface area contributed by atoms with Crippen LogP contribution in [0.15, 0.2) is 18.2 Å². The third-order valence-electron chi connectivity index (χ3n) is 3.82. The number of benzene rings is 1. The molecule has 0 atom stereocenters. The van der Waals surface area contributed by atoms with Crippen molar-refractivity contribution in [2.75, 3.05) is 31.7 Å². The van der Waals surface area contributed by atoms with E-state index in [0.717, 1.165) is 31.6 Å². The molecule has 1 fully saturated rings. The van der Waals surface area contributed by atoms with Crippen molar-refractivity contribution in [3.63, 3.8) is 0 Å². The summed E-state index contributed by atoms with van der Waals surface area (Å²) in [6.07, 6.45) is 1.72. The Morgan fingerprint density at radius 1 is 1.48 bits per heavy atom. The van der Waals surface area contributed by atoms with E-state index in [0.29, 0.717) is 5.92 Å². The zero-order chi connectivity index (χ0) is 15.4. The number of methoxy groups -OCH3 is 1. The van der Waals surface area contributed by atoms with Gasteiger partial charge in [0.25, 0.3) is 5.69 Å². The first-order valence-corrected chi connectivity index (χ1v) is 6.79. The number of anilines is 1. The van der Waals surface area contributed by atoms with Crippen LogP contribution in [-0.4, -0.2) is 42.8 Å². The molecule has 7 heteroatoms. The van der Waals surface area contributed by atoms with Gasteiger partial charge >= 0.3 is 5.97 Å². The number of rotatable bonds is 4. The summed E-state index contributed by atoms with van der Waals surface area (Å²) in [5.41, 5.74) is 0.470. The van der Waals surface area contributed by atoms with E-state index in [2.05, 4.69) is 9.64 Å². The average Bonchev–Trinajstić information content (AvgIpc) is 2.53. The molecule has 1 aliphatic heterocycles. The van der Waals surface area contributed by atoms with Gasteiger partial charge in [0.1, 0.15) is 5.56 Å². The molecule has 114 valence electrons. The maximum atomic E-state index is 11.7. The highest BCUT2D eigenvalue weighted by Gasteiger charge is 2.24. The van der Waals surface area contributed by atoms with Crippen LogP contribution in [-0.2, 0) is 4.74 Å². The van der Waals surface area contributed by atoms with E-state index in [9.17, 15) is 14.9 Å². The Labute approximate surface area is 122 Å². The molecule has 0 spiro atoms. The van der Waals surface area contributed by atoms with Gasteiger partial charge in [-0.3, -0.25) is 10.1 Å². The predicted molar refractivity (Wildman–Crippen MR) is 76.5 cm³/mol. The van der Waals surface area contributed by atoms with Crippen LogP contribution in [0.2, 0.25) is 0 Å². The highest BCUT2D eigenvalue weighted by Crippen LogP contribution is 2.28. The Kier molecular flexibility index (Phi) is 4.74. The van der Waals surface area contributed by atoms with Gasteiger partial charge in [-0.25, -0.2) is 4.79 Å². The van der Waals surface area contributed by atoms with Crippen molar-refractivity contribution in [1.82, 2.24) is 0 Å². The molecule has 1 aromatic rings. The van der Waals surface area contributed by atoms with Gasteiger partial charge in [-0.2, -0.15) is 0 Å². The minimum Gasteiger partial charge on any atom is -0.465 e. The fraction of sp³-hybridized carbons (Fsp3) is 0.500. The molecule has 7 nitrogen and oxygen atoms in total. The van der Waals surface area contributed by atoms with E-state index >= 15 is 0 Å². The Bertz CT molecular complexity index is 538. The number of carbonyl (C=O) groups is 1. The predicted octanol–water partition coefficient (Wildman–Crippen LogP) is 1.59. The SMILES string of the molecule is COC(=O)c1cc(N2CCC(CO)CC2)ccc1[N+](=O)[O-]. The first kappa shape index (κ1) is 15.2. The molecular formula is C14H18N2O5. The monoisotopic (exact) mass is 294 g/mol. The van der Waals surface area contributed by atoms with Crippen molar-refractivity contribution in [2.24, 2.45) is 5.92 Å². The fourth-order valence-corrected chi connectivity index (χ4v) is 2.53. The van der Waals surface area contributed by atoms with E-state index in [1.54, 1.807) is 6.07 Å². The fourth-order valence-electron chi connectivity index (χ4n) is 2.53. The molecule has 0 bridgehead atoms. The van der Waals surface area contributed by atoms with Crippen molar-refractivity contribution in [2.45, 2.75) is 12.8 Å². The van der Waals surface area contributed by atoms with Crippen molar-refractivity contribution in [3.05, 3.63) is 33.9 Å². The molecule has 1 aromatic carbocycles. The van der Waals surface area contributed by atoms with Crippen LogP contribution in [0.3, 0.4) is 0 Å². The minimum atomic E-state index is -0.714. The molecule has 21 heavy (non-hydrogen) atoms. The Morgan fingerprint density at radius 3 is 2.67 bits per heavy atom. The van der Waals surface area contributed by atoms with Gasteiger partial charge in [-0.15, -0.1) is 0 Å². The molecule has 1 heterocycles. The second-order valence-corrected chi connectivity index (χ2v) is 5.06. The van der Waals surface area contributed by atoms with Gasteiger partial charge in [0.05, 0.1) is 12.0 Å². The van der Waals surface area contributed by atoms with Gasteiger partial charge in [0, 0.05) is 31.5 Å². The summed E-state index contributed by atoms with van der Waals surface area (Å²) in [7, 11) is 1.20. The van der Waals surface area contributed by atoms with Gasteiger partial charge < -0.3 is 14.7 Å². The molecule has 1 saturated heterocycles. The number of carbonyl (C=O) groups excluding carboxylic acids is 1. The van der Waals surface area contributed by atoms with Gasteiger partial charge in [0.15, 0.2) is 0 Å². The number of piperidine rings is 1. The number of aliphatic hydroxyl groups excluding tert-OH is 1. The molecule has 0 unspecified atom stereocenters. The molecule has 0 aliphatic carbocycles. The summed E-state index contributed by atoms with van der Waals surface area (Å²) in [5, 5.41) is 20.1. The van der Waals surface area contributed by atoms with E-state index in [1.165, 1.54) is 19.2 Å². The third kappa shape index (κ3) is 3.30. The second-order valence-electron chi connectivity index (χ2n) is 5.06. The van der Waals surface area contributed by atoms with Gasteiger partial charge in [-0.05, 0) is 30.9 Å². The lowest BCUT2D eigenvalue weighted by molar-refractivity contribution is -0.385. The summed E-state index contributed by atoms with van der Waals surface area (Å²) in [6.45, 7) is 1.69. The third-order valence-corrected chi connectivity index (χ3v) is 3.82. The van der Waals surface area contributed by atoms with E-state index < -0.39 is 10.9 Å².